The first-order valence-electron chi connectivity index (χ1n) is 7.42. The lowest BCUT2D eigenvalue weighted by molar-refractivity contribution is 0.220. The SMILES string of the molecule is Cc1nn(C)c(-c2c(F)cccc2Cl)c1C(O)c1ccc(Cl)cc1Cl. The average molecular weight is 400 g/mol. The largest absolute Gasteiger partial charge is 0.383 e. The number of halogens is 4. The van der Waals surface area contributed by atoms with Gasteiger partial charge >= 0.3 is 0 Å². The molecule has 0 saturated carbocycles. The predicted molar refractivity (Wildman–Crippen MR) is 98.9 cm³/mol. The smallest absolute Gasteiger partial charge is 0.134 e. The molecule has 1 heterocycles. The van der Waals surface area contributed by atoms with Gasteiger partial charge in [-0.25, -0.2) is 4.39 Å². The van der Waals surface area contributed by atoms with E-state index in [1.54, 1.807) is 38.2 Å². The van der Waals surface area contributed by atoms with Gasteiger partial charge in [0.2, 0.25) is 0 Å². The molecule has 0 aliphatic heterocycles. The number of hydrogen-bond donors (Lipinski definition) is 1. The van der Waals surface area contributed by atoms with Crippen LogP contribution in [0.25, 0.3) is 11.3 Å². The molecule has 0 radical (unpaired) electrons. The van der Waals surface area contributed by atoms with Gasteiger partial charge in [0.05, 0.1) is 22.0 Å². The lowest BCUT2D eigenvalue weighted by Crippen LogP contribution is -2.05. The molecule has 1 atom stereocenters. The molecule has 0 fully saturated rings. The van der Waals surface area contributed by atoms with Gasteiger partial charge in [-0.3, -0.25) is 4.68 Å². The number of rotatable bonds is 3. The van der Waals surface area contributed by atoms with Crippen LogP contribution in [0.3, 0.4) is 0 Å². The van der Waals surface area contributed by atoms with Crippen LogP contribution in [0, 0.1) is 12.7 Å². The van der Waals surface area contributed by atoms with Crippen LogP contribution in [0.1, 0.15) is 22.9 Å². The molecule has 3 aromatic rings. The summed E-state index contributed by atoms with van der Waals surface area (Å²) in [5.74, 6) is -0.494. The minimum atomic E-state index is -1.11. The Balaban J connectivity index is 2.24. The zero-order chi connectivity index (χ0) is 18.3. The molecule has 0 aliphatic carbocycles. The van der Waals surface area contributed by atoms with Crippen molar-refractivity contribution >= 4 is 34.8 Å². The van der Waals surface area contributed by atoms with Crippen LogP contribution in [-0.4, -0.2) is 14.9 Å². The van der Waals surface area contributed by atoms with Gasteiger partial charge in [-0.2, -0.15) is 5.10 Å². The third-order valence-corrected chi connectivity index (χ3v) is 4.88. The highest BCUT2D eigenvalue weighted by Crippen LogP contribution is 2.40. The second-order valence-electron chi connectivity index (χ2n) is 5.64. The molecular weight excluding hydrogens is 386 g/mol. The molecule has 0 bridgehead atoms. The monoisotopic (exact) mass is 398 g/mol. The van der Waals surface area contributed by atoms with E-state index in [0.717, 1.165) is 0 Å². The molecular formula is C18H14Cl3FN2O. The topological polar surface area (TPSA) is 38.0 Å². The second kappa shape index (κ2) is 6.96. The highest BCUT2D eigenvalue weighted by atomic mass is 35.5. The maximum atomic E-state index is 14.5. The summed E-state index contributed by atoms with van der Waals surface area (Å²) in [5, 5.41) is 16.3. The summed E-state index contributed by atoms with van der Waals surface area (Å²) in [4.78, 5) is 0. The van der Waals surface area contributed by atoms with Crippen LogP contribution in [0.4, 0.5) is 4.39 Å². The van der Waals surface area contributed by atoms with E-state index in [1.165, 1.54) is 16.8 Å². The predicted octanol–water partition coefficient (Wildman–Crippen LogP) is 5.58. The van der Waals surface area contributed by atoms with Crippen LogP contribution in [-0.2, 0) is 7.05 Å². The van der Waals surface area contributed by atoms with Crippen molar-refractivity contribution in [1.82, 2.24) is 9.78 Å². The molecule has 1 aromatic heterocycles. The fourth-order valence-corrected chi connectivity index (χ4v) is 3.67. The summed E-state index contributed by atoms with van der Waals surface area (Å²) in [6.07, 6.45) is -1.11. The number of nitrogens with zero attached hydrogens (tertiary/aromatic N) is 2. The van der Waals surface area contributed by atoms with E-state index >= 15 is 0 Å². The Kier molecular flexibility index (Phi) is 5.07. The highest BCUT2D eigenvalue weighted by Gasteiger charge is 2.27. The molecule has 0 amide bonds. The van der Waals surface area contributed by atoms with E-state index in [-0.39, 0.29) is 10.6 Å². The van der Waals surface area contributed by atoms with Crippen molar-refractivity contribution in [2.75, 3.05) is 0 Å². The Morgan fingerprint density at radius 1 is 1.12 bits per heavy atom. The molecule has 1 unspecified atom stereocenters. The first-order chi connectivity index (χ1) is 11.8. The van der Waals surface area contributed by atoms with Crippen molar-refractivity contribution in [3.63, 3.8) is 0 Å². The standard InChI is InChI=1S/C18H14Cl3FN2O/c1-9-15(18(25)11-7-6-10(19)8-13(11)21)17(24(2)23-9)16-12(20)4-3-5-14(16)22/h3-8,18,25H,1-2H3. The molecule has 7 heteroatoms. The van der Waals surface area contributed by atoms with Crippen LogP contribution >= 0.6 is 34.8 Å². The van der Waals surface area contributed by atoms with Crippen LogP contribution in [0.5, 0.6) is 0 Å². The van der Waals surface area contributed by atoms with Gasteiger partial charge in [0.1, 0.15) is 11.9 Å². The van der Waals surface area contributed by atoms with Crippen molar-refractivity contribution in [3.05, 3.63) is 74.1 Å². The Bertz CT molecular complexity index is 935. The van der Waals surface area contributed by atoms with E-state index < -0.39 is 11.9 Å². The van der Waals surface area contributed by atoms with E-state index in [1.807, 2.05) is 0 Å². The molecule has 0 spiro atoms. The fourth-order valence-electron chi connectivity index (χ4n) is 2.90. The Morgan fingerprint density at radius 2 is 1.84 bits per heavy atom. The lowest BCUT2D eigenvalue weighted by Gasteiger charge is -2.16. The zero-order valence-corrected chi connectivity index (χ0v) is 15.7. The lowest BCUT2D eigenvalue weighted by atomic mass is 9.96. The summed E-state index contributed by atoms with van der Waals surface area (Å²) in [5.41, 5.74) is 2.04. The maximum absolute atomic E-state index is 14.5. The molecule has 0 saturated heterocycles. The average Bonchev–Trinajstić information content (AvgIpc) is 2.81. The molecule has 2 aromatic carbocycles. The molecule has 130 valence electrons. The third kappa shape index (κ3) is 3.27. The number of aliphatic hydroxyl groups excluding tert-OH is 1. The summed E-state index contributed by atoms with van der Waals surface area (Å²) in [7, 11) is 1.67. The minimum Gasteiger partial charge on any atom is -0.383 e. The van der Waals surface area contributed by atoms with Crippen molar-refractivity contribution in [1.29, 1.82) is 0 Å². The van der Waals surface area contributed by atoms with E-state index in [4.69, 9.17) is 34.8 Å². The molecule has 3 rings (SSSR count). The fraction of sp³-hybridized carbons (Fsp3) is 0.167. The van der Waals surface area contributed by atoms with Gasteiger partial charge in [0, 0.05) is 28.2 Å². The van der Waals surface area contributed by atoms with E-state index in [2.05, 4.69) is 5.10 Å². The highest BCUT2D eigenvalue weighted by molar-refractivity contribution is 6.35. The second-order valence-corrected chi connectivity index (χ2v) is 6.89. The summed E-state index contributed by atoms with van der Waals surface area (Å²) in [6.45, 7) is 1.74. The van der Waals surface area contributed by atoms with Crippen LogP contribution < -0.4 is 0 Å². The van der Waals surface area contributed by atoms with Crippen molar-refractivity contribution in [3.8, 4) is 11.3 Å². The molecule has 25 heavy (non-hydrogen) atoms. The van der Waals surface area contributed by atoms with Crippen LogP contribution in [0.2, 0.25) is 15.1 Å². The Morgan fingerprint density at radius 3 is 2.48 bits per heavy atom. The van der Waals surface area contributed by atoms with Gasteiger partial charge in [0.25, 0.3) is 0 Å². The first kappa shape index (κ1) is 18.2. The minimum absolute atomic E-state index is 0.186. The summed E-state index contributed by atoms with van der Waals surface area (Å²) >= 11 is 18.4. The van der Waals surface area contributed by atoms with E-state index in [9.17, 15) is 9.50 Å². The molecule has 3 nitrogen and oxygen atoms in total. The van der Waals surface area contributed by atoms with Crippen molar-refractivity contribution < 1.29 is 9.50 Å². The Hall–Kier alpha value is -1.59. The van der Waals surface area contributed by atoms with Crippen molar-refractivity contribution in [2.45, 2.75) is 13.0 Å². The normalized spacial score (nSPS) is 12.4. The third-order valence-electron chi connectivity index (χ3n) is 4.00. The Labute approximate surface area is 159 Å². The number of aryl methyl sites for hydroxylation is 2. The zero-order valence-electron chi connectivity index (χ0n) is 13.4. The first-order valence-corrected chi connectivity index (χ1v) is 8.55. The van der Waals surface area contributed by atoms with Gasteiger partial charge in [0.15, 0.2) is 0 Å². The van der Waals surface area contributed by atoms with Gasteiger partial charge in [-0.15, -0.1) is 0 Å². The summed E-state index contributed by atoms with van der Waals surface area (Å²) < 4.78 is 16.0. The van der Waals surface area contributed by atoms with Gasteiger partial charge in [-0.05, 0) is 31.2 Å². The van der Waals surface area contributed by atoms with E-state index in [0.29, 0.717) is 32.6 Å². The quantitative estimate of drug-likeness (QED) is 0.624. The van der Waals surface area contributed by atoms with Gasteiger partial charge in [-0.1, -0.05) is 46.9 Å². The molecule has 1 N–H and O–H groups in total. The van der Waals surface area contributed by atoms with Crippen LogP contribution in [0.15, 0.2) is 36.4 Å². The summed E-state index contributed by atoms with van der Waals surface area (Å²) in [6, 6.07) is 9.24. The number of benzene rings is 2. The maximum Gasteiger partial charge on any atom is 0.134 e. The van der Waals surface area contributed by atoms with Gasteiger partial charge < -0.3 is 5.11 Å². The van der Waals surface area contributed by atoms with Crippen molar-refractivity contribution in [2.24, 2.45) is 7.05 Å². The number of aromatic nitrogens is 2. The molecule has 0 aliphatic rings. The number of hydrogen-bond acceptors (Lipinski definition) is 2. The number of aliphatic hydroxyl groups is 1.